The van der Waals surface area contributed by atoms with Gasteiger partial charge in [-0.3, -0.25) is 19.7 Å². The van der Waals surface area contributed by atoms with E-state index in [-0.39, 0.29) is 5.91 Å². The number of ether oxygens (including phenoxy) is 1. The number of fused-ring (bicyclic) bond motifs is 2. The van der Waals surface area contributed by atoms with Gasteiger partial charge >= 0.3 is 0 Å². The summed E-state index contributed by atoms with van der Waals surface area (Å²) in [6.45, 7) is 4.17. The first kappa shape index (κ1) is 17.1. The lowest BCUT2D eigenvalue weighted by Gasteiger charge is -2.30. The van der Waals surface area contributed by atoms with Crippen molar-refractivity contribution in [3.8, 4) is 0 Å². The summed E-state index contributed by atoms with van der Waals surface area (Å²) in [5, 5.41) is 0. The van der Waals surface area contributed by atoms with Gasteiger partial charge in [-0.15, -0.1) is 0 Å². The molecule has 0 bridgehead atoms. The minimum atomic E-state index is 0.0621. The fourth-order valence-electron chi connectivity index (χ4n) is 3.89. The summed E-state index contributed by atoms with van der Waals surface area (Å²) in [7, 11) is 0. The number of rotatable bonds is 4. The van der Waals surface area contributed by atoms with Crippen molar-refractivity contribution in [3.63, 3.8) is 0 Å². The van der Waals surface area contributed by atoms with Crippen molar-refractivity contribution in [1.82, 2.24) is 19.9 Å². The van der Waals surface area contributed by atoms with E-state index in [4.69, 9.17) is 4.74 Å². The van der Waals surface area contributed by atoms with E-state index in [9.17, 15) is 4.79 Å². The molecule has 1 fully saturated rings. The van der Waals surface area contributed by atoms with Crippen molar-refractivity contribution in [3.05, 3.63) is 59.7 Å². The Morgan fingerprint density at radius 3 is 2.79 bits per heavy atom. The van der Waals surface area contributed by atoms with Gasteiger partial charge in [0.15, 0.2) is 0 Å². The van der Waals surface area contributed by atoms with E-state index in [0.29, 0.717) is 32.7 Å². The zero-order valence-corrected chi connectivity index (χ0v) is 15.5. The van der Waals surface area contributed by atoms with E-state index in [1.54, 1.807) is 12.4 Å². The fraction of sp³-hybridized carbons (Fsp3) is 0.333. The third-order valence-electron chi connectivity index (χ3n) is 5.35. The first-order valence-electron chi connectivity index (χ1n) is 9.60. The van der Waals surface area contributed by atoms with Crippen LogP contribution in [0.5, 0.6) is 0 Å². The van der Waals surface area contributed by atoms with Crippen molar-refractivity contribution < 1.29 is 9.53 Å². The molecule has 2 aliphatic rings. The lowest BCUT2D eigenvalue weighted by atomic mass is 10.1. The number of pyridine rings is 3. The zero-order valence-electron chi connectivity index (χ0n) is 15.5. The number of aromatic nitrogens is 3. The Balaban J connectivity index is 1.33. The predicted molar refractivity (Wildman–Crippen MR) is 105 cm³/mol. The van der Waals surface area contributed by atoms with Gasteiger partial charge in [0.1, 0.15) is 0 Å². The molecule has 2 aliphatic heterocycles. The van der Waals surface area contributed by atoms with Crippen LogP contribution in [-0.2, 0) is 17.7 Å². The zero-order chi connectivity index (χ0) is 18.9. The molecule has 0 radical (unpaired) electrons. The second-order valence-electron chi connectivity index (χ2n) is 7.07. The van der Waals surface area contributed by atoms with Crippen LogP contribution in [0, 0.1) is 0 Å². The van der Waals surface area contributed by atoms with Crippen molar-refractivity contribution in [1.29, 1.82) is 0 Å². The summed E-state index contributed by atoms with van der Waals surface area (Å²) in [5.41, 5.74) is 5.33. The van der Waals surface area contributed by atoms with Crippen LogP contribution < -0.4 is 4.90 Å². The number of hydrogen-bond acceptors (Lipinski definition) is 6. The maximum Gasteiger partial charge on any atom is 0.258 e. The average Bonchev–Trinajstić information content (AvgIpc) is 3.08. The molecule has 28 heavy (non-hydrogen) atoms. The van der Waals surface area contributed by atoms with Crippen LogP contribution in [0.4, 0.5) is 5.69 Å². The molecule has 5 heterocycles. The molecule has 1 saturated heterocycles. The van der Waals surface area contributed by atoms with Crippen molar-refractivity contribution in [2.24, 2.45) is 0 Å². The van der Waals surface area contributed by atoms with Crippen LogP contribution in [0.15, 0.2) is 42.7 Å². The summed E-state index contributed by atoms with van der Waals surface area (Å²) in [4.78, 5) is 30.6. The number of carbonyl (C=O) groups excluding carboxylic acids is 1. The van der Waals surface area contributed by atoms with Crippen LogP contribution in [0.1, 0.15) is 21.7 Å². The minimum Gasteiger partial charge on any atom is -0.378 e. The minimum absolute atomic E-state index is 0.0621. The van der Waals surface area contributed by atoms with Gasteiger partial charge in [-0.05, 0) is 30.3 Å². The lowest BCUT2D eigenvalue weighted by Crippen LogP contribution is -2.37. The van der Waals surface area contributed by atoms with Gasteiger partial charge in [0.2, 0.25) is 0 Å². The summed E-state index contributed by atoms with van der Waals surface area (Å²) in [6.07, 6.45) is 4.28. The van der Waals surface area contributed by atoms with Gasteiger partial charge in [-0.2, -0.15) is 0 Å². The summed E-state index contributed by atoms with van der Waals surface area (Å²) in [6, 6.07) is 9.76. The lowest BCUT2D eigenvalue weighted by molar-refractivity contribution is 0.0779. The average molecular weight is 375 g/mol. The van der Waals surface area contributed by atoms with Crippen molar-refractivity contribution >= 4 is 22.6 Å². The molecule has 1 amide bonds. The molecule has 3 aromatic rings. The Kier molecular flexibility index (Phi) is 4.37. The molecular formula is C21H21N5O2. The highest BCUT2D eigenvalue weighted by Crippen LogP contribution is 2.30. The van der Waals surface area contributed by atoms with E-state index < -0.39 is 0 Å². The Morgan fingerprint density at radius 1 is 1.00 bits per heavy atom. The highest BCUT2D eigenvalue weighted by molar-refractivity contribution is 6.03. The van der Waals surface area contributed by atoms with Crippen LogP contribution in [-0.4, -0.2) is 58.6 Å². The second-order valence-corrected chi connectivity index (χ2v) is 7.07. The quantitative estimate of drug-likeness (QED) is 0.695. The van der Waals surface area contributed by atoms with Crippen molar-refractivity contribution in [2.75, 3.05) is 37.7 Å². The Labute approximate surface area is 163 Å². The molecule has 0 N–H and O–H groups in total. The monoisotopic (exact) mass is 375 g/mol. The predicted octanol–water partition coefficient (Wildman–Crippen LogP) is 2.06. The van der Waals surface area contributed by atoms with Gasteiger partial charge in [-0.1, -0.05) is 0 Å². The van der Waals surface area contributed by atoms with Gasteiger partial charge in [-0.25, -0.2) is 0 Å². The van der Waals surface area contributed by atoms with Crippen LogP contribution in [0.3, 0.4) is 0 Å². The molecule has 5 rings (SSSR count). The number of nitrogens with zero attached hydrogens (tertiary/aromatic N) is 5. The maximum absolute atomic E-state index is 13.1. The molecule has 3 aromatic heterocycles. The summed E-state index contributed by atoms with van der Waals surface area (Å²) >= 11 is 0. The van der Waals surface area contributed by atoms with E-state index >= 15 is 0 Å². The van der Waals surface area contributed by atoms with Crippen LogP contribution in [0.2, 0.25) is 0 Å². The number of hydrogen-bond donors (Lipinski definition) is 0. The molecule has 0 unspecified atom stereocenters. The molecule has 7 heteroatoms. The smallest absolute Gasteiger partial charge is 0.258 e. The highest BCUT2D eigenvalue weighted by atomic mass is 16.5. The van der Waals surface area contributed by atoms with Gasteiger partial charge < -0.3 is 14.5 Å². The van der Waals surface area contributed by atoms with Gasteiger partial charge in [0.25, 0.3) is 5.91 Å². The van der Waals surface area contributed by atoms with Crippen LogP contribution in [0.25, 0.3) is 11.0 Å². The van der Waals surface area contributed by atoms with E-state index in [0.717, 1.165) is 46.8 Å². The topological polar surface area (TPSA) is 71.5 Å². The van der Waals surface area contributed by atoms with Crippen molar-refractivity contribution in [2.45, 2.75) is 13.0 Å². The molecule has 0 saturated carbocycles. The Morgan fingerprint density at radius 2 is 1.89 bits per heavy atom. The number of carbonyl (C=O) groups is 1. The third kappa shape index (κ3) is 3.07. The number of amides is 1. The molecule has 0 spiro atoms. The van der Waals surface area contributed by atoms with E-state index in [2.05, 4.69) is 19.9 Å². The molecule has 0 aromatic carbocycles. The van der Waals surface area contributed by atoms with E-state index in [1.165, 1.54) is 0 Å². The molecule has 7 nitrogen and oxygen atoms in total. The van der Waals surface area contributed by atoms with Crippen LogP contribution >= 0.6 is 0 Å². The molecular weight excluding hydrogens is 354 g/mol. The Bertz CT molecular complexity index is 1030. The standard InChI is InChI=1S/C21H21N5O2/c27-21-20-18(23-8-5-19(20)25-10-12-28-13-11-25)14-26(21)9-6-15-3-4-16-17(24-15)2-1-7-22-16/h1-5,7-8H,6,9-14H2. The molecule has 142 valence electrons. The number of morpholine rings is 1. The summed E-state index contributed by atoms with van der Waals surface area (Å²) < 4.78 is 5.44. The molecule has 0 aliphatic carbocycles. The SMILES string of the molecule is O=C1c2c(N3CCOCC3)ccnc2CN1CCc1ccc2ncccc2n1. The highest BCUT2D eigenvalue weighted by Gasteiger charge is 2.32. The third-order valence-corrected chi connectivity index (χ3v) is 5.35. The van der Waals surface area contributed by atoms with E-state index in [1.807, 2.05) is 35.2 Å². The molecule has 0 atom stereocenters. The number of anilines is 1. The second kappa shape index (κ2) is 7.16. The first-order valence-corrected chi connectivity index (χ1v) is 9.60. The maximum atomic E-state index is 13.1. The van der Waals surface area contributed by atoms with Gasteiger partial charge in [0.05, 0.1) is 47.7 Å². The van der Waals surface area contributed by atoms with Gasteiger partial charge in [0, 0.05) is 44.1 Å². The first-order chi connectivity index (χ1) is 13.8. The Hall–Kier alpha value is -3.06. The largest absolute Gasteiger partial charge is 0.378 e. The summed E-state index contributed by atoms with van der Waals surface area (Å²) in [5.74, 6) is 0.0621. The fourth-order valence-corrected chi connectivity index (χ4v) is 3.89. The normalized spacial score (nSPS) is 16.6.